The Morgan fingerprint density at radius 1 is 1.17 bits per heavy atom. The van der Waals surface area contributed by atoms with Crippen LogP contribution in [0.4, 0.5) is 6.01 Å². The van der Waals surface area contributed by atoms with Crippen molar-refractivity contribution in [2.24, 2.45) is 5.41 Å². The summed E-state index contributed by atoms with van der Waals surface area (Å²) >= 11 is 0. The SMILES string of the molecule is COc1ccc(-c2noc(N3CCCC4(CCNCC4)C3)n2)cc1. The van der Waals surface area contributed by atoms with E-state index in [4.69, 9.17) is 9.26 Å². The molecule has 1 spiro atoms. The molecule has 2 fully saturated rings. The van der Waals surface area contributed by atoms with Crippen LogP contribution in [0.15, 0.2) is 28.8 Å². The van der Waals surface area contributed by atoms with Crippen LogP contribution in [0.25, 0.3) is 11.4 Å². The summed E-state index contributed by atoms with van der Waals surface area (Å²) in [4.78, 5) is 6.90. The lowest BCUT2D eigenvalue weighted by Gasteiger charge is -2.44. The molecule has 3 heterocycles. The molecule has 128 valence electrons. The third-order valence-electron chi connectivity index (χ3n) is 5.36. The lowest BCUT2D eigenvalue weighted by atomic mass is 9.73. The number of benzene rings is 1. The average molecular weight is 328 g/mol. The number of ether oxygens (including phenoxy) is 1. The number of nitrogens with zero attached hydrogens (tertiary/aromatic N) is 3. The molecule has 1 aromatic heterocycles. The minimum Gasteiger partial charge on any atom is -0.497 e. The zero-order valence-electron chi connectivity index (χ0n) is 14.1. The molecular weight excluding hydrogens is 304 g/mol. The first-order valence-electron chi connectivity index (χ1n) is 8.72. The Balaban J connectivity index is 1.51. The van der Waals surface area contributed by atoms with E-state index >= 15 is 0 Å². The zero-order valence-corrected chi connectivity index (χ0v) is 14.1. The van der Waals surface area contributed by atoms with Gasteiger partial charge in [-0.05, 0) is 68.5 Å². The molecule has 2 saturated heterocycles. The van der Waals surface area contributed by atoms with Crippen LogP contribution in [0.5, 0.6) is 5.75 Å². The first-order chi connectivity index (χ1) is 11.8. The van der Waals surface area contributed by atoms with Crippen LogP contribution in [0.3, 0.4) is 0 Å². The van der Waals surface area contributed by atoms with E-state index in [2.05, 4.69) is 20.4 Å². The van der Waals surface area contributed by atoms with Gasteiger partial charge in [0.15, 0.2) is 0 Å². The van der Waals surface area contributed by atoms with Crippen LogP contribution in [-0.4, -0.2) is 43.4 Å². The van der Waals surface area contributed by atoms with Crippen LogP contribution in [0, 0.1) is 5.41 Å². The summed E-state index contributed by atoms with van der Waals surface area (Å²) in [5, 5.41) is 7.64. The second-order valence-corrected chi connectivity index (χ2v) is 6.90. The second-order valence-electron chi connectivity index (χ2n) is 6.90. The molecule has 1 aromatic carbocycles. The van der Waals surface area contributed by atoms with E-state index in [1.54, 1.807) is 7.11 Å². The van der Waals surface area contributed by atoms with Crippen LogP contribution < -0.4 is 15.0 Å². The van der Waals surface area contributed by atoms with Gasteiger partial charge in [0.1, 0.15) is 5.75 Å². The van der Waals surface area contributed by atoms with Gasteiger partial charge in [0, 0.05) is 18.7 Å². The van der Waals surface area contributed by atoms with Crippen LogP contribution in [0.1, 0.15) is 25.7 Å². The highest BCUT2D eigenvalue weighted by Crippen LogP contribution is 2.39. The summed E-state index contributed by atoms with van der Waals surface area (Å²) < 4.78 is 10.8. The maximum absolute atomic E-state index is 5.57. The van der Waals surface area contributed by atoms with E-state index in [1.165, 1.54) is 25.7 Å². The standard InChI is InChI=1S/C18H24N4O2/c1-23-15-5-3-14(4-6-15)16-20-17(24-21-16)22-12-2-7-18(13-22)8-10-19-11-9-18/h3-6,19H,2,7-13H2,1H3. The minimum atomic E-state index is 0.415. The first kappa shape index (κ1) is 15.4. The molecule has 0 aliphatic carbocycles. The quantitative estimate of drug-likeness (QED) is 0.935. The molecule has 0 saturated carbocycles. The van der Waals surface area contributed by atoms with Crippen molar-refractivity contribution in [1.82, 2.24) is 15.5 Å². The van der Waals surface area contributed by atoms with Gasteiger partial charge in [-0.3, -0.25) is 0 Å². The third kappa shape index (κ3) is 2.98. The van der Waals surface area contributed by atoms with Crippen molar-refractivity contribution in [3.05, 3.63) is 24.3 Å². The van der Waals surface area contributed by atoms with Gasteiger partial charge in [-0.15, -0.1) is 0 Å². The number of piperidine rings is 2. The van der Waals surface area contributed by atoms with Crippen molar-refractivity contribution in [3.63, 3.8) is 0 Å². The van der Waals surface area contributed by atoms with Gasteiger partial charge in [-0.25, -0.2) is 0 Å². The van der Waals surface area contributed by atoms with Crippen molar-refractivity contribution >= 4 is 6.01 Å². The lowest BCUT2D eigenvalue weighted by Crippen LogP contribution is -2.48. The number of aromatic nitrogens is 2. The fourth-order valence-electron chi connectivity index (χ4n) is 3.94. The molecule has 4 rings (SSSR count). The Morgan fingerprint density at radius 2 is 1.96 bits per heavy atom. The summed E-state index contributed by atoms with van der Waals surface area (Å²) in [5.74, 6) is 1.46. The van der Waals surface area contributed by atoms with Crippen LogP contribution in [0.2, 0.25) is 0 Å². The molecule has 6 nitrogen and oxygen atoms in total. The molecule has 0 bridgehead atoms. The van der Waals surface area contributed by atoms with E-state index in [1.807, 2.05) is 24.3 Å². The number of rotatable bonds is 3. The Bertz CT molecular complexity index is 671. The summed E-state index contributed by atoms with van der Waals surface area (Å²) in [6.07, 6.45) is 4.98. The van der Waals surface area contributed by atoms with Crippen molar-refractivity contribution in [2.75, 3.05) is 38.2 Å². The van der Waals surface area contributed by atoms with Gasteiger partial charge < -0.3 is 19.5 Å². The molecule has 2 aliphatic rings. The molecule has 2 aromatic rings. The van der Waals surface area contributed by atoms with Crippen molar-refractivity contribution in [2.45, 2.75) is 25.7 Å². The van der Waals surface area contributed by atoms with Gasteiger partial charge in [0.2, 0.25) is 5.82 Å². The fraction of sp³-hybridized carbons (Fsp3) is 0.556. The third-order valence-corrected chi connectivity index (χ3v) is 5.36. The molecule has 0 atom stereocenters. The molecule has 1 N–H and O–H groups in total. The summed E-state index contributed by atoms with van der Waals surface area (Å²) in [6.45, 7) is 4.27. The summed E-state index contributed by atoms with van der Waals surface area (Å²) in [7, 11) is 1.66. The molecule has 0 unspecified atom stereocenters. The Hall–Kier alpha value is -2.08. The molecule has 6 heteroatoms. The predicted octanol–water partition coefficient (Wildman–Crippen LogP) is 2.72. The molecule has 0 radical (unpaired) electrons. The van der Waals surface area contributed by atoms with E-state index in [0.29, 0.717) is 17.3 Å². The summed E-state index contributed by atoms with van der Waals surface area (Å²) in [6, 6.07) is 8.39. The highest BCUT2D eigenvalue weighted by Gasteiger charge is 2.37. The lowest BCUT2D eigenvalue weighted by molar-refractivity contribution is 0.162. The highest BCUT2D eigenvalue weighted by molar-refractivity contribution is 5.57. The van der Waals surface area contributed by atoms with E-state index in [-0.39, 0.29) is 0 Å². The molecule has 2 aliphatic heterocycles. The first-order valence-corrected chi connectivity index (χ1v) is 8.72. The Morgan fingerprint density at radius 3 is 2.71 bits per heavy atom. The molecule has 24 heavy (non-hydrogen) atoms. The predicted molar refractivity (Wildman–Crippen MR) is 92.3 cm³/mol. The maximum atomic E-state index is 5.57. The highest BCUT2D eigenvalue weighted by atomic mass is 16.5. The second kappa shape index (κ2) is 6.43. The normalized spacial score (nSPS) is 20.3. The Labute approximate surface area is 142 Å². The zero-order chi connectivity index (χ0) is 16.4. The average Bonchev–Trinajstić information content (AvgIpc) is 3.13. The van der Waals surface area contributed by atoms with Crippen molar-refractivity contribution < 1.29 is 9.26 Å². The van der Waals surface area contributed by atoms with E-state index < -0.39 is 0 Å². The van der Waals surface area contributed by atoms with Gasteiger partial charge in [0.05, 0.1) is 7.11 Å². The van der Waals surface area contributed by atoms with Crippen molar-refractivity contribution in [3.8, 4) is 17.1 Å². The molecule has 0 amide bonds. The fourth-order valence-corrected chi connectivity index (χ4v) is 3.94. The van der Waals surface area contributed by atoms with Gasteiger partial charge >= 0.3 is 6.01 Å². The van der Waals surface area contributed by atoms with Gasteiger partial charge in [-0.2, -0.15) is 4.98 Å². The van der Waals surface area contributed by atoms with Crippen LogP contribution in [-0.2, 0) is 0 Å². The number of anilines is 1. The number of nitrogens with one attached hydrogen (secondary N) is 1. The number of methoxy groups -OCH3 is 1. The largest absolute Gasteiger partial charge is 0.497 e. The number of hydrogen-bond donors (Lipinski definition) is 1. The van der Waals surface area contributed by atoms with Gasteiger partial charge in [0.25, 0.3) is 0 Å². The monoisotopic (exact) mass is 328 g/mol. The van der Waals surface area contributed by atoms with Crippen molar-refractivity contribution in [1.29, 1.82) is 0 Å². The maximum Gasteiger partial charge on any atom is 0.324 e. The smallest absolute Gasteiger partial charge is 0.324 e. The molecular formula is C18H24N4O2. The minimum absolute atomic E-state index is 0.415. The van der Waals surface area contributed by atoms with Gasteiger partial charge in [-0.1, -0.05) is 5.16 Å². The topological polar surface area (TPSA) is 63.4 Å². The Kier molecular flexibility index (Phi) is 4.14. The van der Waals surface area contributed by atoms with E-state index in [9.17, 15) is 0 Å². The number of hydrogen-bond acceptors (Lipinski definition) is 6. The van der Waals surface area contributed by atoms with E-state index in [0.717, 1.165) is 37.5 Å². The van der Waals surface area contributed by atoms with Crippen LogP contribution >= 0.6 is 0 Å². The summed E-state index contributed by atoms with van der Waals surface area (Å²) in [5.41, 5.74) is 1.36.